The molecule has 0 aromatic rings. The van der Waals surface area contributed by atoms with Gasteiger partial charge in [-0.25, -0.2) is 0 Å². The second-order valence-corrected chi connectivity index (χ2v) is 4.75. The van der Waals surface area contributed by atoms with Crippen LogP contribution in [0.15, 0.2) is 0 Å². The monoisotopic (exact) mass is 197 g/mol. The number of β-amino-alcohol motifs (C(OH)–C–C–N with tert-alkyl or cyclic N) is 1. The van der Waals surface area contributed by atoms with Crippen molar-refractivity contribution in [3.63, 3.8) is 0 Å². The lowest BCUT2D eigenvalue weighted by molar-refractivity contribution is -0.156. The first kappa shape index (κ1) is 8.68. The minimum absolute atomic E-state index is 0.0750. The van der Waals surface area contributed by atoms with Crippen molar-refractivity contribution in [2.24, 2.45) is 5.92 Å². The number of hydrogen-bond acceptors (Lipinski definition) is 4. The third-order valence-electron chi connectivity index (χ3n) is 3.64. The smallest absolute Gasteiger partial charge is 0.323 e. The summed E-state index contributed by atoms with van der Waals surface area (Å²) in [5, 5.41) is 10.1. The maximum Gasteiger partial charge on any atom is 0.323 e. The molecular formula is C10H15NO3. The third kappa shape index (κ3) is 1.17. The minimum atomic E-state index is -0.483. The molecule has 2 saturated heterocycles. The summed E-state index contributed by atoms with van der Waals surface area (Å²) in [5.74, 6) is 0.388. The van der Waals surface area contributed by atoms with Crippen molar-refractivity contribution in [2.45, 2.75) is 30.9 Å². The van der Waals surface area contributed by atoms with Gasteiger partial charge in [-0.15, -0.1) is 0 Å². The van der Waals surface area contributed by atoms with Crippen LogP contribution in [0.3, 0.4) is 0 Å². The van der Waals surface area contributed by atoms with E-state index in [0.29, 0.717) is 25.6 Å². The van der Waals surface area contributed by atoms with Crippen molar-refractivity contribution in [2.75, 3.05) is 19.7 Å². The number of carbonyl (C=O) groups is 1. The first-order valence-electron chi connectivity index (χ1n) is 5.32. The molecule has 1 aliphatic carbocycles. The summed E-state index contributed by atoms with van der Waals surface area (Å²) in [5.41, 5.74) is -0.483. The summed E-state index contributed by atoms with van der Waals surface area (Å²) >= 11 is 0. The van der Waals surface area contributed by atoms with Gasteiger partial charge in [0.1, 0.15) is 6.04 Å². The van der Waals surface area contributed by atoms with Crippen LogP contribution in [0.4, 0.5) is 0 Å². The average Bonchev–Trinajstić information content (AvgIpc) is 2.86. The van der Waals surface area contributed by atoms with Crippen LogP contribution in [0, 0.1) is 5.92 Å². The van der Waals surface area contributed by atoms with E-state index < -0.39 is 5.60 Å². The molecule has 0 amide bonds. The molecule has 1 N–H and O–H groups in total. The summed E-state index contributed by atoms with van der Waals surface area (Å²) in [4.78, 5) is 13.3. The van der Waals surface area contributed by atoms with Gasteiger partial charge in [-0.3, -0.25) is 9.69 Å². The average molecular weight is 197 g/mol. The second-order valence-electron chi connectivity index (χ2n) is 4.75. The van der Waals surface area contributed by atoms with E-state index >= 15 is 0 Å². The van der Waals surface area contributed by atoms with Gasteiger partial charge in [-0.2, -0.15) is 0 Å². The Bertz CT molecular complexity index is 269. The van der Waals surface area contributed by atoms with E-state index in [4.69, 9.17) is 4.74 Å². The zero-order chi connectivity index (χ0) is 9.76. The summed E-state index contributed by atoms with van der Waals surface area (Å²) < 4.78 is 4.90. The van der Waals surface area contributed by atoms with E-state index in [1.165, 1.54) is 0 Å². The number of cyclic esters (lactones) is 1. The molecule has 3 fully saturated rings. The highest BCUT2D eigenvalue weighted by atomic mass is 16.5. The van der Waals surface area contributed by atoms with Gasteiger partial charge in [0.05, 0.1) is 12.2 Å². The normalized spacial score (nSPS) is 36.6. The van der Waals surface area contributed by atoms with Crippen molar-refractivity contribution in [1.82, 2.24) is 4.90 Å². The van der Waals surface area contributed by atoms with Crippen molar-refractivity contribution in [3.05, 3.63) is 0 Å². The summed E-state index contributed by atoms with van der Waals surface area (Å²) in [7, 11) is 0. The van der Waals surface area contributed by atoms with Crippen molar-refractivity contribution in [3.8, 4) is 0 Å². The van der Waals surface area contributed by atoms with E-state index in [1.54, 1.807) is 0 Å². The molecule has 4 heteroatoms. The molecule has 1 atom stereocenters. The zero-order valence-corrected chi connectivity index (χ0v) is 8.11. The van der Waals surface area contributed by atoms with Gasteiger partial charge in [0.2, 0.25) is 0 Å². The fraction of sp³-hybridized carbons (Fsp3) is 0.900. The Morgan fingerprint density at radius 3 is 2.57 bits per heavy atom. The van der Waals surface area contributed by atoms with Crippen LogP contribution in [0.2, 0.25) is 0 Å². The lowest BCUT2D eigenvalue weighted by Gasteiger charge is -2.48. The summed E-state index contributed by atoms with van der Waals surface area (Å²) in [6.07, 6.45) is 3.10. The van der Waals surface area contributed by atoms with Crippen LogP contribution >= 0.6 is 0 Å². The van der Waals surface area contributed by atoms with E-state index in [2.05, 4.69) is 0 Å². The number of carbonyl (C=O) groups excluding carboxylic acids is 1. The molecule has 0 radical (unpaired) electrons. The number of nitrogens with zero attached hydrogens (tertiary/aromatic N) is 1. The predicted octanol–water partition coefficient (Wildman–Crippen LogP) is -0.241. The van der Waals surface area contributed by atoms with Crippen LogP contribution in [-0.2, 0) is 9.53 Å². The first-order chi connectivity index (χ1) is 6.69. The Hall–Kier alpha value is -0.610. The van der Waals surface area contributed by atoms with Crippen molar-refractivity contribution < 1.29 is 14.6 Å². The lowest BCUT2D eigenvalue weighted by Crippen LogP contribution is -2.66. The molecule has 1 saturated carbocycles. The standard InChI is InChI=1S/C10H15NO3/c12-9-8(3-4-14-9)11-5-10(13,6-11)7-1-2-7/h7-8,13H,1-6H2. The molecule has 0 aromatic carbocycles. The van der Waals surface area contributed by atoms with Crippen LogP contribution in [0.1, 0.15) is 19.3 Å². The highest BCUT2D eigenvalue weighted by Gasteiger charge is 2.54. The van der Waals surface area contributed by atoms with Gasteiger partial charge in [-0.05, 0) is 18.8 Å². The molecule has 14 heavy (non-hydrogen) atoms. The molecule has 2 aliphatic heterocycles. The van der Waals surface area contributed by atoms with Crippen molar-refractivity contribution >= 4 is 5.97 Å². The molecular weight excluding hydrogens is 182 g/mol. The highest BCUT2D eigenvalue weighted by molar-refractivity contribution is 5.77. The molecule has 1 unspecified atom stereocenters. The topological polar surface area (TPSA) is 49.8 Å². The molecule has 2 heterocycles. The van der Waals surface area contributed by atoms with E-state index in [1.807, 2.05) is 4.90 Å². The van der Waals surface area contributed by atoms with Crippen LogP contribution < -0.4 is 0 Å². The lowest BCUT2D eigenvalue weighted by atomic mass is 9.87. The van der Waals surface area contributed by atoms with Crippen molar-refractivity contribution in [1.29, 1.82) is 0 Å². The van der Waals surface area contributed by atoms with E-state index in [0.717, 1.165) is 19.3 Å². The Kier molecular flexibility index (Phi) is 1.67. The number of ether oxygens (including phenoxy) is 1. The number of esters is 1. The number of rotatable bonds is 2. The predicted molar refractivity (Wildman–Crippen MR) is 48.6 cm³/mol. The van der Waals surface area contributed by atoms with Gasteiger partial charge >= 0.3 is 5.97 Å². The van der Waals surface area contributed by atoms with Crippen LogP contribution in [0.25, 0.3) is 0 Å². The Balaban J connectivity index is 1.60. The molecule has 3 rings (SSSR count). The Morgan fingerprint density at radius 2 is 2.07 bits per heavy atom. The molecule has 0 aromatic heterocycles. The molecule has 0 bridgehead atoms. The maximum atomic E-state index is 11.3. The summed E-state index contributed by atoms with van der Waals surface area (Å²) in [6, 6.07) is -0.0750. The minimum Gasteiger partial charge on any atom is -0.464 e. The number of hydrogen-bond donors (Lipinski definition) is 1. The fourth-order valence-electron chi connectivity index (χ4n) is 2.57. The second kappa shape index (κ2) is 2.70. The Labute approximate surface area is 82.8 Å². The molecule has 0 spiro atoms. The van der Waals surface area contributed by atoms with Crippen LogP contribution in [0.5, 0.6) is 0 Å². The van der Waals surface area contributed by atoms with E-state index in [9.17, 15) is 9.90 Å². The SMILES string of the molecule is O=C1OCCC1N1CC(O)(C2CC2)C1. The maximum absolute atomic E-state index is 11.3. The number of aliphatic hydroxyl groups is 1. The van der Waals surface area contributed by atoms with Gasteiger partial charge in [0, 0.05) is 19.5 Å². The fourth-order valence-corrected chi connectivity index (χ4v) is 2.57. The van der Waals surface area contributed by atoms with Gasteiger partial charge < -0.3 is 9.84 Å². The van der Waals surface area contributed by atoms with Gasteiger partial charge in [-0.1, -0.05) is 0 Å². The molecule has 3 aliphatic rings. The third-order valence-corrected chi connectivity index (χ3v) is 3.64. The largest absolute Gasteiger partial charge is 0.464 e. The summed E-state index contributed by atoms with van der Waals surface area (Å²) in [6.45, 7) is 1.87. The quantitative estimate of drug-likeness (QED) is 0.621. The highest BCUT2D eigenvalue weighted by Crippen LogP contribution is 2.45. The van der Waals surface area contributed by atoms with Gasteiger partial charge in [0.15, 0.2) is 0 Å². The van der Waals surface area contributed by atoms with E-state index in [-0.39, 0.29) is 12.0 Å². The van der Waals surface area contributed by atoms with Gasteiger partial charge in [0.25, 0.3) is 0 Å². The molecule has 4 nitrogen and oxygen atoms in total. The Morgan fingerprint density at radius 1 is 1.36 bits per heavy atom. The first-order valence-corrected chi connectivity index (χ1v) is 5.32. The zero-order valence-electron chi connectivity index (χ0n) is 8.11. The number of likely N-dealkylation sites (tertiary alicyclic amines) is 1. The molecule has 78 valence electrons. The van der Waals surface area contributed by atoms with Crippen LogP contribution in [-0.4, -0.2) is 47.3 Å².